The summed E-state index contributed by atoms with van der Waals surface area (Å²) in [5.74, 6) is -3.35. The van der Waals surface area contributed by atoms with E-state index in [4.69, 9.17) is 0 Å². The number of hydrogen-bond donors (Lipinski definition) is 3. The first-order valence-corrected chi connectivity index (χ1v) is 16.8. The van der Waals surface area contributed by atoms with E-state index in [0.717, 1.165) is 48.5 Å². The van der Waals surface area contributed by atoms with Crippen LogP contribution in [0.1, 0.15) is 81.5 Å². The molecule has 0 unspecified atom stereocenters. The summed E-state index contributed by atoms with van der Waals surface area (Å²) in [6, 6.07) is 13.9. The monoisotopic (exact) mass is 637 g/mol. The second-order valence-corrected chi connectivity index (χ2v) is 13.4. The van der Waals surface area contributed by atoms with Gasteiger partial charge in [0.15, 0.2) is 0 Å². The summed E-state index contributed by atoms with van der Waals surface area (Å²) in [7, 11) is 0. The number of nitrogens with zero attached hydrogens (tertiary/aromatic N) is 3. The standard InChI is InChI=1S/C34H41F2N5O3S/c1-22-21-45-32(38-22)29-10-6-14-41(29)33(44)25-18-24(19-26(20-25)40-15-11-34(35,36)12-16-40)31(43)39-28(17-23-7-3-2-4-8-23)30(42)27-9-5-13-37-27/h2-4,7-8,18-21,27-30,37,42H,5-6,9-17H2,1H3,(H,39,43)/t27-,28+,29-,30+/m1/s1. The van der Waals surface area contributed by atoms with Gasteiger partial charge in [0.1, 0.15) is 5.01 Å². The number of rotatable bonds is 9. The van der Waals surface area contributed by atoms with Crippen LogP contribution in [-0.2, 0) is 6.42 Å². The number of likely N-dealkylation sites (tertiary alicyclic amines) is 1. The van der Waals surface area contributed by atoms with E-state index in [2.05, 4.69) is 15.6 Å². The van der Waals surface area contributed by atoms with Gasteiger partial charge in [-0.15, -0.1) is 11.3 Å². The molecule has 6 rings (SSSR count). The van der Waals surface area contributed by atoms with E-state index in [1.165, 1.54) is 0 Å². The van der Waals surface area contributed by atoms with Crippen molar-refractivity contribution in [1.29, 1.82) is 0 Å². The average molecular weight is 638 g/mol. The lowest BCUT2D eigenvalue weighted by Gasteiger charge is -2.34. The third kappa shape index (κ3) is 7.37. The van der Waals surface area contributed by atoms with E-state index in [9.17, 15) is 23.5 Å². The fraction of sp³-hybridized carbons (Fsp3) is 0.500. The number of carbonyl (C=O) groups excluding carboxylic acids is 2. The molecule has 8 nitrogen and oxygen atoms in total. The quantitative estimate of drug-likeness (QED) is 0.302. The summed E-state index contributed by atoms with van der Waals surface area (Å²) in [4.78, 5) is 36.3. The largest absolute Gasteiger partial charge is 0.389 e. The van der Waals surface area contributed by atoms with Gasteiger partial charge in [-0.05, 0) is 69.3 Å². The molecule has 240 valence electrons. The summed E-state index contributed by atoms with van der Waals surface area (Å²) in [6.07, 6.45) is 2.45. The minimum Gasteiger partial charge on any atom is -0.389 e. The lowest BCUT2D eigenvalue weighted by molar-refractivity contribution is -0.0220. The molecule has 2 amide bonds. The second-order valence-electron chi connectivity index (χ2n) is 12.6. The Morgan fingerprint density at radius 1 is 1.09 bits per heavy atom. The van der Waals surface area contributed by atoms with Crippen LogP contribution in [0.15, 0.2) is 53.9 Å². The maximum Gasteiger partial charge on any atom is 0.254 e. The van der Waals surface area contributed by atoms with Crippen molar-refractivity contribution < 1.29 is 23.5 Å². The number of thiazole rings is 1. The van der Waals surface area contributed by atoms with Crippen molar-refractivity contribution in [2.75, 3.05) is 31.1 Å². The maximum atomic E-state index is 14.1. The van der Waals surface area contributed by atoms with Gasteiger partial charge < -0.3 is 25.5 Å². The summed E-state index contributed by atoms with van der Waals surface area (Å²) < 4.78 is 28.1. The van der Waals surface area contributed by atoms with Gasteiger partial charge in [0, 0.05) is 66.4 Å². The number of piperidine rings is 1. The fourth-order valence-corrected chi connectivity index (χ4v) is 7.70. The number of anilines is 1. The molecule has 4 atom stereocenters. The van der Waals surface area contributed by atoms with Crippen LogP contribution in [0.2, 0.25) is 0 Å². The van der Waals surface area contributed by atoms with Crippen LogP contribution < -0.4 is 15.5 Å². The van der Waals surface area contributed by atoms with Crippen molar-refractivity contribution in [3.05, 3.63) is 81.3 Å². The molecular weight excluding hydrogens is 596 g/mol. The van der Waals surface area contributed by atoms with Crippen molar-refractivity contribution in [3.63, 3.8) is 0 Å². The van der Waals surface area contributed by atoms with E-state index in [1.807, 2.05) is 52.4 Å². The molecule has 3 aromatic rings. The van der Waals surface area contributed by atoms with Crippen LogP contribution in [0.5, 0.6) is 0 Å². The third-order valence-corrected chi connectivity index (χ3v) is 10.3. The molecule has 2 aromatic carbocycles. The lowest BCUT2D eigenvalue weighted by Crippen LogP contribution is -2.52. The van der Waals surface area contributed by atoms with E-state index in [0.29, 0.717) is 24.2 Å². The Balaban J connectivity index is 1.30. The highest BCUT2D eigenvalue weighted by atomic mass is 32.1. The first-order valence-electron chi connectivity index (χ1n) is 15.9. The fourth-order valence-electron chi connectivity index (χ4n) is 6.76. The number of nitrogens with one attached hydrogen (secondary N) is 2. The highest BCUT2D eigenvalue weighted by Gasteiger charge is 2.37. The second kappa shape index (κ2) is 13.5. The summed E-state index contributed by atoms with van der Waals surface area (Å²) >= 11 is 1.54. The predicted molar refractivity (Wildman–Crippen MR) is 171 cm³/mol. The smallest absolute Gasteiger partial charge is 0.254 e. The molecule has 3 aliphatic heterocycles. The van der Waals surface area contributed by atoms with Crippen molar-refractivity contribution in [2.24, 2.45) is 0 Å². The molecule has 0 radical (unpaired) electrons. The van der Waals surface area contributed by atoms with Crippen molar-refractivity contribution in [2.45, 2.75) is 82.0 Å². The van der Waals surface area contributed by atoms with Gasteiger partial charge in [-0.3, -0.25) is 9.59 Å². The average Bonchev–Trinajstić information content (AvgIpc) is 3.83. The molecule has 0 spiro atoms. The Kier molecular flexibility index (Phi) is 9.49. The maximum absolute atomic E-state index is 14.1. The highest BCUT2D eigenvalue weighted by Crippen LogP contribution is 2.36. The molecule has 0 saturated carbocycles. The van der Waals surface area contributed by atoms with Crippen LogP contribution in [0.3, 0.4) is 0 Å². The molecule has 4 heterocycles. The minimum absolute atomic E-state index is 0.124. The highest BCUT2D eigenvalue weighted by molar-refractivity contribution is 7.09. The van der Waals surface area contributed by atoms with E-state index < -0.39 is 24.0 Å². The molecule has 3 fully saturated rings. The van der Waals surface area contributed by atoms with E-state index in [-0.39, 0.29) is 49.5 Å². The van der Waals surface area contributed by atoms with Gasteiger partial charge in [-0.1, -0.05) is 30.3 Å². The van der Waals surface area contributed by atoms with Gasteiger partial charge in [-0.25, -0.2) is 13.8 Å². The van der Waals surface area contributed by atoms with Crippen LogP contribution in [0.4, 0.5) is 14.5 Å². The SMILES string of the molecule is Cc1csc([C@H]2CCCN2C(=O)c2cc(C(=O)N[C@@H](Cc3ccccc3)[C@@H](O)[C@H]3CCCN3)cc(N3CCC(F)(F)CC3)c2)n1. The Bertz CT molecular complexity index is 1490. The van der Waals surface area contributed by atoms with Crippen molar-refractivity contribution >= 4 is 28.8 Å². The van der Waals surface area contributed by atoms with Crippen LogP contribution in [0, 0.1) is 6.92 Å². The Morgan fingerprint density at radius 3 is 2.53 bits per heavy atom. The molecule has 11 heteroatoms. The Morgan fingerprint density at radius 2 is 1.84 bits per heavy atom. The van der Waals surface area contributed by atoms with Gasteiger partial charge in [-0.2, -0.15) is 0 Å². The normalized spacial score (nSPS) is 22.8. The Labute approximate surface area is 266 Å². The molecule has 0 aliphatic carbocycles. The van der Waals surface area contributed by atoms with Crippen molar-refractivity contribution in [3.8, 4) is 0 Å². The van der Waals surface area contributed by atoms with E-state index >= 15 is 0 Å². The first-order chi connectivity index (χ1) is 21.7. The molecule has 45 heavy (non-hydrogen) atoms. The first kappa shape index (κ1) is 31.6. The molecule has 1 aromatic heterocycles. The molecule has 3 saturated heterocycles. The number of aliphatic hydroxyl groups is 1. The predicted octanol–water partition coefficient (Wildman–Crippen LogP) is 5.12. The van der Waals surface area contributed by atoms with Gasteiger partial charge in [0.25, 0.3) is 17.7 Å². The van der Waals surface area contributed by atoms with Crippen molar-refractivity contribution in [1.82, 2.24) is 20.5 Å². The number of aliphatic hydroxyl groups excluding tert-OH is 1. The van der Waals surface area contributed by atoms with Crippen LogP contribution >= 0.6 is 11.3 Å². The van der Waals surface area contributed by atoms with Gasteiger partial charge >= 0.3 is 0 Å². The summed E-state index contributed by atoms with van der Waals surface area (Å²) in [5.41, 5.74) is 3.07. The number of amides is 2. The molecule has 0 bridgehead atoms. The topological polar surface area (TPSA) is 97.8 Å². The Hall–Kier alpha value is -3.41. The molecule has 3 N–H and O–H groups in total. The molecule has 3 aliphatic rings. The summed E-state index contributed by atoms with van der Waals surface area (Å²) in [6.45, 7) is 3.57. The minimum atomic E-state index is -2.73. The van der Waals surface area contributed by atoms with Crippen LogP contribution in [0.25, 0.3) is 0 Å². The number of halogens is 2. The zero-order valence-corrected chi connectivity index (χ0v) is 26.4. The third-order valence-electron chi connectivity index (χ3n) is 9.26. The van der Waals surface area contributed by atoms with Crippen LogP contribution in [-0.4, -0.2) is 77.1 Å². The summed E-state index contributed by atoms with van der Waals surface area (Å²) in [5, 5.41) is 20.7. The number of aromatic nitrogens is 1. The van der Waals surface area contributed by atoms with E-state index in [1.54, 1.807) is 29.5 Å². The number of aryl methyl sites for hydroxylation is 1. The number of hydrogen-bond acceptors (Lipinski definition) is 7. The number of benzene rings is 2. The zero-order valence-electron chi connectivity index (χ0n) is 25.6. The number of alkyl halides is 2. The van der Waals surface area contributed by atoms with Gasteiger partial charge in [0.2, 0.25) is 0 Å². The lowest BCUT2D eigenvalue weighted by atomic mass is 9.95. The zero-order chi connectivity index (χ0) is 31.6. The molecular formula is C34H41F2N5O3S. The van der Waals surface area contributed by atoms with Gasteiger partial charge in [0.05, 0.1) is 18.2 Å². The number of carbonyl (C=O) groups is 2.